The Morgan fingerprint density at radius 3 is 2.28 bits per heavy atom. The zero-order chi connectivity index (χ0) is 13.2. The molecular weight excluding hydrogens is 246 g/mol. The number of carbonyl (C=O) groups is 1. The van der Waals surface area contributed by atoms with Gasteiger partial charge in [-0.2, -0.15) is 0 Å². The van der Waals surface area contributed by atoms with Gasteiger partial charge in [0.1, 0.15) is 0 Å². The molecule has 0 heterocycles. The second-order valence-corrected chi connectivity index (χ2v) is 5.43. The fourth-order valence-corrected chi connectivity index (χ4v) is 2.90. The minimum Gasteiger partial charge on any atom is -0.341 e. The summed E-state index contributed by atoms with van der Waals surface area (Å²) in [7, 11) is 0. The average molecular weight is 266 g/mol. The van der Waals surface area contributed by atoms with E-state index in [1.165, 1.54) is 0 Å². The molecule has 1 aliphatic carbocycles. The highest BCUT2D eigenvalue weighted by atomic mass is 35.5. The molecule has 1 aliphatic rings. The van der Waals surface area contributed by atoms with Crippen molar-refractivity contribution in [3.8, 4) is 0 Å². The number of likely N-dealkylation sites (N-methyl/N-ethyl adjacent to an activating group) is 1. The van der Waals surface area contributed by atoms with E-state index in [4.69, 9.17) is 11.6 Å². The molecule has 1 saturated carbocycles. The van der Waals surface area contributed by atoms with Gasteiger partial charge >= 0.3 is 0 Å². The van der Waals surface area contributed by atoms with Crippen LogP contribution in [0.25, 0.3) is 0 Å². The summed E-state index contributed by atoms with van der Waals surface area (Å²) in [5.74, 6) is 0.345. The van der Waals surface area contributed by atoms with Crippen molar-refractivity contribution in [3.05, 3.63) is 35.9 Å². The van der Waals surface area contributed by atoms with Crippen LogP contribution in [-0.2, 0) is 9.67 Å². The molecule has 2 rings (SSSR count). The zero-order valence-corrected chi connectivity index (χ0v) is 11.8. The molecule has 3 heteroatoms. The van der Waals surface area contributed by atoms with Crippen LogP contribution in [0, 0.1) is 5.92 Å². The van der Waals surface area contributed by atoms with Gasteiger partial charge in [0.2, 0.25) is 5.91 Å². The SMILES string of the molecule is CCN(CC)C(=O)C(Cl)(c1ccccc1)C1CC1. The first-order valence-corrected chi connectivity index (χ1v) is 7.06. The summed E-state index contributed by atoms with van der Waals surface area (Å²) < 4.78 is 0. The monoisotopic (exact) mass is 265 g/mol. The summed E-state index contributed by atoms with van der Waals surface area (Å²) in [5.41, 5.74) is 0.936. The maximum atomic E-state index is 12.7. The largest absolute Gasteiger partial charge is 0.341 e. The number of carbonyl (C=O) groups excluding carboxylic acids is 1. The second-order valence-electron chi connectivity index (χ2n) is 4.83. The Labute approximate surface area is 114 Å². The summed E-state index contributed by atoms with van der Waals surface area (Å²) in [4.78, 5) is 13.7. The third-order valence-corrected chi connectivity index (χ3v) is 4.38. The molecule has 0 aliphatic heterocycles. The van der Waals surface area contributed by atoms with Gasteiger partial charge in [0.25, 0.3) is 0 Å². The van der Waals surface area contributed by atoms with E-state index < -0.39 is 4.87 Å². The highest BCUT2D eigenvalue weighted by Gasteiger charge is 2.52. The summed E-state index contributed by atoms with van der Waals surface area (Å²) in [5, 5.41) is 0. The van der Waals surface area contributed by atoms with Crippen molar-refractivity contribution in [1.82, 2.24) is 4.90 Å². The maximum Gasteiger partial charge on any atom is 0.248 e. The predicted octanol–water partition coefficient (Wildman–Crippen LogP) is 3.40. The molecule has 1 atom stereocenters. The molecule has 0 saturated heterocycles. The third kappa shape index (κ3) is 2.26. The summed E-state index contributed by atoms with van der Waals surface area (Å²) in [6.07, 6.45) is 2.09. The Morgan fingerprint density at radius 2 is 1.83 bits per heavy atom. The van der Waals surface area contributed by atoms with E-state index in [-0.39, 0.29) is 11.8 Å². The van der Waals surface area contributed by atoms with Crippen LogP contribution in [0.3, 0.4) is 0 Å². The molecular formula is C15H20ClNO. The quantitative estimate of drug-likeness (QED) is 0.748. The van der Waals surface area contributed by atoms with Crippen LogP contribution in [-0.4, -0.2) is 23.9 Å². The van der Waals surface area contributed by atoms with Crippen molar-refractivity contribution < 1.29 is 4.79 Å². The molecule has 2 nitrogen and oxygen atoms in total. The molecule has 0 bridgehead atoms. The van der Waals surface area contributed by atoms with Crippen molar-refractivity contribution in [3.63, 3.8) is 0 Å². The number of rotatable bonds is 5. The molecule has 98 valence electrons. The molecule has 0 spiro atoms. The van der Waals surface area contributed by atoms with Crippen molar-refractivity contribution >= 4 is 17.5 Å². The van der Waals surface area contributed by atoms with E-state index in [0.29, 0.717) is 13.1 Å². The van der Waals surface area contributed by atoms with Crippen LogP contribution in [0.1, 0.15) is 32.3 Å². The lowest BCUT2D eigenvalue weighted by atomic mass is 9.91. The Morgan fingerprint density at radius 1 is 1.28 bits per heavy atom. The smallest absolute Gasteiger partial charge is 0.248 e. The van der Waals surface area contributed by atoms with Gasteiger partial charge in [-0.25, -0.2) is 0 Å². The Kier molecular flexibility index (Phi) is 3.96. The van der Waals surface area contributed by atoms with Gasteiger partial charge in [-0.1, -0.05) is 30.3 Å². The highest BCUT2D eigenvalue weighted by molar-refractivity contribution is 6.35. The number of alkyl halides is 1. The first kappa shape index (κ1) is 13.4. The van der Waals surface area contributed by atoms with E-state index in [2.05, 4.69) is 0 Å². The summed E-state index contributed by atoms with van der Waals surface area (Å²) in [6.45, 7) is 5.42. The standard InChI is InChI=1S/C15H20ClNO/c1-3-17(4-2)14(18)15(16,13-10-11-13)12-8-6-5-7-9-12/h5-9,13H,3-4,10-11H2,1-2H3. The average Bonchev–Trinajstić information content (AvgIpc) is 3.24. The maximum absolute atomic E-state index is 12.7. The van der Waals surface area contributed by atoms with Crippen molar-refractivity contribution in [2.45, 2.75) is 31.6 Å². The molecule has 1 amide bonds. The molecule has 0 N–H and O–H groups in total. The number of amides is 1. The van der Waals surface area contributed by atoms with Crippen LogP contribution >= 0.6 is 11.6 Å². The first-order valence-electron chi connectivity index (χ1n) is 6.68. The normalized spacial score (nSPS) is 18.2. The van der Waals surface area contributed by atoms with Gasteiger partial charge in [0, 0.05) is 13.1 Å². The first-order chi connectivity index (χ1) is 8.64. The van der Waals surface area contributed by atoms with Gasteiger partial charge in [-0.3, -0.25) is 4.79 Å². The Bertz CT molecular complexity index is 412. The van der Waals surface area contributed by atoms with Crippen molar-refractivity contribution in [2.75, 3.05) is 13.1 Å². The van der Waals surface area contributed by atoms with E-state index in [1.807, 2.05) is 49.1 Å². The van der Waals surface area contributed by atoms with Crippen LogP contribution in [0.5, 0.6) is 0 Å². The molecule has 1 aromatic carbocycles. The minimum atomic E-state index is -0.854. The summed E-state index contributed by atoms with van der Waals surface area (Å²) in [6, 6.07) is 9.78. The van der Waals surface area contributed by atoms with E-state index in [0.717, 1.165) is 18.4 Å². The third-order valence-electron chi connectivity index (χ3n) is 3.70. The van der Waals surface area contributed by atoms with Gasteiger partial charge in [0.05, 0.1) is 0 Å². The molecule has 1 fully saturated rings. The lowest BCUT2D eigenvalue weighted by Crippen LogP contribution is -2.45. The van der Waals surface area contributed by atoms with E-state index >= 15 is 0 Å². The van der Waals surface area contributed by atoms with Gasteiger partial charge in [-0.05, 0) is 38.2 Å². The van der Waals surface area contributed by atoms with E-state index in [1.54, 1.807) is 0 Å². The number of hydrogen-bond donors (Lipinski definition) is 0. The van der Waals surface area contributed by atoms with E-state index in [9.17, 15) is 4.79 Å². The van der Waals surface area contributed by atoms with Crippen LogP contribution in [0.4, 0.5) is 0 Å². The number of halogens is 1. The highest BCUT2D eigenvalue weighted by Crippen LogP contribution is 2.51. The van der Waals surface area contributed by atoms with Gasteiger partial charge < -0.3 is 4.90 Å². The molecule has 0 aromatic heterocycles. The van der Waals surface area contributed by atoms with Crippen molar-refractivity contribution in [1.29, 1.82) is 0 Å². The fraction of sp³-hybridized carbons (Fsp3) is 0.533. The van der Waals surface area contributed by atoms with Gasteiger partial charge in [0.15, 0.2) is 4.87 Å². The minimum absolute atomic E-state index is 0.0582. The topological polar surface area (TPSA) is 20.3 Å². The zero-order valence-electron chi connectivity index (χ0n) is 11.0. The van der Waals surface area contributed by atoms with Crippen LogP contribution in [0.15, 0.2) is 30.3 Å². The molecule has 18 heavy (non-hydrogen) atoms. The molecule has 1 aromatic rings. The number of benzene rings is 1. The Balaban J connectivity index is 2.35. The lowest BCUT2D eigenvalue weighted by Gasteiger charge is -2.32. The Hall–Kier alpha value is -1.02. The van der Waals surface area contributed by atoms with Gasteiger partial charge in [-0.15, -0.1) is 11.6 Å². The lowest BCUT2D eigenvalue weighted by molar-refractivity contribution is -0.134. The number of nitrogens with zero attached hydrogens (tertiary/aromatic N) is 1. The molecule has 1 unspecified atom stereocenters. The van der Waals surface area contributed by atoms with Crippen LogP contribution in [0.2, 0.25) is 0 Å². The summed E-state index contributed by atoms with van der Waals surface area (Å²) >= 11 is 6.77. The van der Waals surface area contributed by atoms with Crippen molar-refractivity contribution in [2.24, 2.45) is 5.92 Å². The molecule has 0 radical (unpaired) electrons. The van der Waals surface area contributed by atoms with Crippen LogP contribution < -0.4 is 0 Å². The predicted molar refractivity (Wildman–Crippen MR) is 74.6 cm³/mol. The fourth-order valence-electron chi connectivity index (χ4n) is 2.44. The second kappa shape index (κ2) is 5.31. The number of hydrogen-bond acceptors (Lipinski definition) is 1.